The lowest BCUT2D eigenvalue weighted by Gasteiger charge is -2.22. The Morgan fingerprint density at radius 2 is 1.89 bits per heavy atom. The van der Waals surface area contributed by atoms with Gasteiger partial charge in [0.1, 0.15) is 11.6 Å². The molecular formula is C22H28FNO3. The third kappa shape index (κ3) is 6.36. The normalized spacial score (nSPS) is 12.5. The van der Waals surface area contributed by atoms with Gasteiger partial charge in [-0.1, -0.05) is 18.2 Å². The maximum atomic E-state index is 13.7. The largest absolute Gasteiger partial charge is 0.497 e. The first-order valence-electron chi connectivity index (χ1n) is 9.10. The molecule has 0 saturated heterocycles. The highest BCUT2D eigenvalue weighted by atomic mass is 19.1. The Bertz CT molecular complexity index is 783. The third-order valence-corrected chi connectivity index (χ3v) is 4.21. The van der Waals surface area contributed by atoms with Crippen molar-refractivity contribution >= 4 is 5.91 Å². The van der Waals surface area contributed by atoms with Gasteiger partial charge in [-0.05, 0) is 75.4 Å². The minimum atomic E-state index is -0.696. The summed E-state index contributed by atoms with van der Waals surface area (Å²) in [6.45, 7) is 5.74. The summed E-state index contributed by atoms with van der Waals surface area (Å²) in [4.78, 5) is 12.6. The molecule has 0 aromatic heterocycles. The van der Waals surface area contributed by atoms with Crippen LogP contribution in [0.3, 0.4) is 0 Å². The fourth-order valence-corrected chi connectivity index (χ4v) is 2.87. The quantitative estimate of drug-likeness (QED) is 0.774. The van der Waals surface area contributed by atoms with Gasteiger partial charge < -0.3 is 15.2 Å². The zero-order valence-corrected chi connectivity index (χ0v) is 16.4. The summed E-state index contributed by atoms with van der Waals surface area (Å²) < 4.78 is 19.0. The van der Waals surface area contributed by atoms with Crippen LogP contribution in [0.2, 0.25) is 0 Å². The molecule has 0 aliphatic rings. The molecule has 1 amide bonds. The van der Waals surface area contributed by atoms with Gasteiger partial charge >= 0.3 is 0 Å². The summed E-state index contributed by atoms with van der Waals surface area (Å²) in [5.74, 6) is 0.163. The molecule has 0 heterocycles. The van der Waals surface area contributed by atoms with E-state index < -0.39 is 6.10 Å². The number of halogens is 1. The van der Waals surface area contributed by atoms with E-state index in [1.807, 2.05) is 20.8 Å². The monoisotopic (exact) mass is 373 g/mol. The second-order valence-corrected chi connectivity index (χ2v) is 7.72. The molecule has 27 heavy (non-hydrogen) atoms. The molecule has 2 rings (SSSR count). The van der Waals surface area contributed by atoms with E-state index in [9.17, 15) is 14.3 Å². The van der Waals surface area contributed by atoms with Gasteiger partial charge in [0, 0.05) is 11.1 Å². The van der Waals surface area contributed by atoms with Crippen molar-refractivity contribution in [1.29, 1.82) is 0 Å². The fourth-order valence-electron chi connectivity index (χ4n) is 2.87. The lowest BCUT2D eigenvalue weighted by molar-refractivity contribution is 0.0917. The predicted octanol–water partition coefficient (Wildman–Crippen LogP) is 3.90. The van der Waals surface area contributed by atoms with Crippen LogP contribution in [0.15, 0.2) is 42.5 Å². The first kappa shape index (κ1) is 20.9. The molecule has 4 nitrogen and oxygen atoms in total. The van der Waals surface area contributed by atoms with E-state index in [0.717, 1.165) is 0 Å². The molecule has 0 radical (unpaired) electrons. The number of aryl methyl sites for hydroxylation is 1. The van der Waals surface area contributed by atoms with Gasteiger partial charge in [0.25, 0.3) is 5.91 Å². The fraction of sp³-hybridized carbons (Fsp3) is 0.409. The van der Waals surface area contributed by atoms with Gasteiger partial charge in [0.2, 0.25) is 0 Å². The van der Waals surface area contributed by atoms with Crippen molar-refractivity contribution in [2.45, 2.75) is 51.7 Å². The SMILES string of the molecule is COc1ccc(C(=O)NC(C)(C)C)c(C[C@@H](O)CCc2ccccc2F)c1. The number of hydrogen-bond donors (Lipinski definition) is 2. The van der Waals surface area contributed by atoms with Gasteiger partial charge in [-0.3, -0.25) is 4.79 Å². The second kappa shape index (κ2) is 9.00. The maximum absolute atomic E-state index is 13.7. The van der Waals surface area contributed by atoms with Crippen LogP contribution in [0.5, 0.6) is 5.75 Å². The Balaban J connectivity index is 2.13. The summed E-state index contributed by atoms with van der Waals surface area (Å²) in [6.07, 6.45) is 0.427. The van der Waals surface area contributed by atoms with Gasteiger partial charge in [0.05, 0.1) is 13.2 Å². The Kier molecular flexibility index (Phi) is 6.97. The number of benzene rings is 2. The number of aliphatic hydroxyl groups is 1. The van der Waals surface area contributed by atoms with E-state index in [-0.39, 0.29) is 17.3 Å². The van der Waals surface area contributed by atoms with E-state index in [4.69, 9.17) is 4.74 Å². The molecule has 0 aliphatic carbocycles. The highest BCUT2D eigenvalue weighted by Gasteiger charge is 2.20. The minimum absolute atomic E-state index is 0.193. The molecule has 0 bridgehead atoms. The molecule has 2 N–H and O–H groups in total. The molecular weight excluding hydrogens is 345 g/mol. The Morgan fingerprint density at radius 1 is 1.19 bits per heavy atom. The van der Waals surface area contributed by atoms with Crippen LogP contribution in [-0.2, 0) is 12.8 Å². The maximum Gasteiger partial charge on any atom is 0.251 e. The molecule has 146 valence electrons. The minimum Gasteiger partial charge on any atom is -0.497 e. The predicted molar refractivity (Wildman–Crippen MR) is 105 cm³/mol. The van der Waals surface area contributed by atoms with Crippen molar-refractivity contribution in [2.75, 3.05) is 7.11 Å². The highest BCUT2D eigenvalue weighted by molar-refractivity contribution is 5.96. The number of methoxy groups -OCH3 is 1. The molecule has 2 aromatic carbocycles. The van der Waals surface area contributed by atoms with E-state index in [1.54, 1.807) is 43.5 Å². The number of aliphatic hydroxyl groups excluding tert-OH is 1. The zero-order valence-electron chi connectivity index (χ0n) is 16.4. The number of amides is 1. The molecule has 0 aliphatic heterocycles. The van der Waals surface area contributed by atoms with Crippen molar-refractivity contribution < 1.29 is 19.0 Å². The smallest absolute Gasteiger partial charge is 0.251 e. The molecule has 0 spiro atoms. The van der Waals surface area contributed by atoms with Crippen molar-refractivity contribution in [3.8, 4) is 5.75 Å². The van der Waals surface area contributed by atoms with Crippen LogP contribution in [0.4, 0.5) is 4.39 Å². The molecule has 2 aromatic rings. The topological polar surface area (TPSA) is 58.6 Å². The molecule has 0 fully saturated rings. The van der Waals surface area contributed by atoms with Crippen molar-refractivity contribution in [1.82, 2.24) is 5.32 Å². The summed E-state index contributed by atoms with van der Waals surface area (Å²) in [5, 5.41) is 13.4. The van der Waals surface area contributed by atoms with E-state index >= 15 is 0 Å². The van der Waals surface area contributed by atoms with E-state index in [1.165, 1.54) is 6.07 Å². The number of nitrogens with one attached hydrogen (secondary N) is 1. The van der Waals surface area contributed by atoms with Gasteiger partial charge in [-0.25, -0.2) is 4.39 Å². The Hall–Kier alpha value is -2.40. The van der Waals surface area contributed by atoms with Crippen LogP contribution in [0.1, 0.15) is 48.7 Å². The second-order valence-electron chi connectivity index (χ2n) is 7.72. The summed E-state index contributed by atoms with van der Waals surface area (Å²) >= 11 is 0. The van der Waals surface area contributed by atoms with Crippen LogP contribution in [0, 0.1) is 5.82 Å². The number of ether oxygens (including phenoxy) is 1. The Labute approximate surface area is 160 Å². The zero-order chi connectivity index (χ0) is 20.0. The molecule has 0 saturated carbocycles. The van der Waals surface area contributed by atoms with Crippen molar-refractivity contribution in [2.24, 2.45) is 0 Å². The molecule has 0 unspecified atom stereocenters. The van der Waals surface area contributed by atoms with Crippen LogP contribution in [-0.4, -0.2) is 29.8 Å². The van der Waals surface area contributed by atoms with E-state index in [0.29, 0.717) is 41.7 Å². The lowest BCUT2D eigenvalue weighted by atomic mass is 9.96. The highest BCUT2D eigenvalue weighted by Crippen LogP contribution is 2.21. The molecule has 5 heteroatoms. The molecule has 1 atom stereocenters. The van der Waals surface area contributed by atoms with Crippen LogP contribution in [0.25, 0.3) is 0 Å². The number of hydrogen-bond acceptors (Lipinski definition) is 3. The standard InChI is InChI=1S/C22H28FNO3/c1-22(2,3)24-21(26)19-12-11-18(27-4)14-16(19)13-17(25)10-9-15-7-5-6-8-20(15)23/h5-8,11-12,14,17,25H,9-10,13H2,1-4H3,(H,24,26)/t17-/m0/s1. The third-order valence-electron chi connectivity index (χ3n) is 4.21. The van der Waals surface area contributed by atoms with Crippen molar-refractivity contribution in [3.63, 3.8) is 0 Å². The first-order valence-corrected chi connectivity index (χ1v) is 9.10. The van der Waals surface area contributed by atoms with Gasteiger partial charge in [0.15, 0.2) is 0 Å². The first-order chi connectivity index (χ1) is 12.7. The van der Waals surface area contributed by atoms with Crippen molar-refractivity contribution in [3.05, 3.63) is 65.0 Å². The number of carbonyl (C=O) groups excluding carboxylic acids is 1. The summed E-state index contributed by atoms with van der Waals surface area (Å²) in [7, 11) is 1.56. The van der Waals surface area contributed by atoms with Gasteiger partial charge in [-0.2, -0.15) is 0 Å². The van der Waals surface area contributed by atoms with E-state index in [2.05, 4.69) is 5.32 Å². The summed E-state index contributed by atoms with van der Waals surface area (Å²) in [5.41, 5.74) is 1.43. The summed E-state index contributed by atoms with van der Waals surface area (Å²) in [6, 6.07) is 11.8. The number of carbonyl (C=O) groups is 1. The average molecular weight is 373 g/mol. The van der Waals surface area contributed by atoms with Gasteiger partial charge in [-0.15, -0.1) is 0 Å². The lowest BCUT2D eigenvalue weighted by Crippen LogP contribution is -2.41. The average Bonchev–Trinajstić information content (AvgIpc) is 2.59. The number of rotatable bonds is 7. The Morgan fingerprint density at radius 3 is 2.52 bits per heavy atom. The van der Waals surface area contributed by atoms with Crippen LogP contribution < -0.4 is 10.1 Å². The van der Waals surface area contributed by atoms with Crippen LogP contribution >= 0.6 is 0 Å².